The van der Waals surface area contributed by atoms with Gasteiger partial charge >= 0.3 is 12.0 Å². The Labute approximate surface area is 124 Å². The fourth-order valence-corrected chi connectivity index (χ4v) is 2.80. The van der Waals surface area contributed by atoms with Crippen LogP contribution in [0.2, 0.25) is 0 Å². The van der Waals surface area contributed by atoms with Gasteiger partial charge in [0.05, 0.1) is 17.4 Å². The van der Waals surface area contributed by atoms with Gasteiger partial charge in [0.15, 0.2) is 0 Å². The van der Waals surface area contributed by atoms with Crippen LogP contribution in [0, 0.1) is 5.41 Å². The van der Waals surface area contributed by atoms with Crippen LogP contribution in [0.25, 0.3) is 0 Å². The normalized spacial score (nSPS) is 20.6. The highest BCUT2D eigenvalue weighted by molar-refractivity contribution is 5.92. The Morgan fingerprint density at radius 3 is 2.81 bits per heavy atom. The molecule has 0 spiro atoms. The van der Waals surface area contributed by atoms with E-state index in [-0.39, 0.29) is 23.1 Å². The number of aromatic carboxylic acids is 1. The third-order valence-corrected chi connectivity index (χ3v) is 3.78. The Bertz CT molecular complexity index is 543. The Kier molecular flexibility index (Phi) is 4.45. The number of pyridine rings is 1. The largest absolute Gasteiger partial charge is 0.478 e. The van der Waals surface area contributed by atoms with Crippen LogP contribution < -0.4 is 10.6 Å². The van der Waals surface area contributed by atoms with E-state index in [1.54, 1.807) is 0 Å². The first-order valence-corrected chi connectivity index (χ1v) is 7.12. The van der Waals surface area contributed by atoms with E-state index >= 15 is 0 Å². The van der Waals surface area contributed by atoms with Gasteiger partial charge in [0, 0.05) is 12.2 Å². The van der Waals surface area contributed by atoms with Crippen LogP contribution in [-0.4, -0.2) is 28.1 Å². The molecule has 1 aromatic rings. The number of rotatable bonds is 3. The van der Waals surface area contributed by atoms with Gasteiger partial charge in [-0.15, -0.1) is 0 Å². The van der Waals surface area contributed by atoms with Gasteiger partial charge in [0.2, 0.25) is 0 Å². The minimum absolute atomic E-state index is 0.0478. The number of carboxylic acids is 1. The van der Waals surface area contributed by atoms with Crippen LogP contribution in [0.15, 0.2) is 18.5 Å². The summed E-state index contributed by atoms with van der Waals surface area (Å²) in [4.78, 5) is 26.6. The molecule has 6 nitrogen and oxygen atoms in total. The van der Waals surface area contributed by atoms with Crippen LogP contribution in [0.4, 0.5) is 10.5 Å². The Morgan fingerprint density at radius 2 is 2.14 bits per heavy atom. The third-order valence-electron chi connectivity index (χ3n) is 3.78. The van der Waals surface area contributed by atoms with E-state index in [1.807, 2.05) is 0 Å². The number of anilines is 1. The zero-order valence-electron chi connectivity index (χ0n) is 12.3. The van der Waals surface area contributed by atoms with Gasteiger partial charge in [0.25, 0.3) is 0 Å². The Balaban J connectivity index is 1.92. The Morgan fingerprint density at radius 1 is 1.38 bits per heavy atom. The molecular formula is C15H21N3O3. The number of carboxylic acid groups (broad SMARTS) is 1. The molecule has 1 aliphatic rings. The van der Waals surface area contributed by atoms with Crippen LogP contribution in [0.3, 0.4) is 0 Å². The molecule has 1 fully saturated rings. The van der Waals surface area contributed by atoms with E-state index in [4.69, 9.17) is 5.11 Å². The van der Waals surface area contributed by atoms with E-state index in [0.29, 0.717) is 5.69 Å². The van der Waals surface area contributed by atoms with E-state index in [1.165, 1.54) is 24.9 Å². The average molecular weight is 291 g/mol. The van der Waals surface area contributed by atoms with Gasteiger partial charge in [-0.05, 0) is 30.7 Å². The third kappa shape index (κ3) is 4.44. The number of hydrogen-bond acceptors (Lipinski definition) is 3. The van der Waals surface area contributed by atoms with Gasteiger partial charge in [-0.3, -0.25) is 4.98 Å². The summed E-state index contributed by atoms with van der Waals surface area (Å²) in [7, 11) is 0. The molecule has 6 heteroatoms. The Hall–Kier alpha value is -2.11. The average Bonchev–Trinajstić information content (AvgIpc) is 2.37. The second kappa shape index (κ2) is 6.11. The van der Waals surface area contributed by atoms with E-state index in [9.17, 15) is 9.59 Å². The predicted molar refractivity (Wildman–Crippen MR) is 79.4 cm³/mol. The second-order valence-corrected chi connectivity index (χ2v) is 6.32. The molecule has 1 heterocycles. The van der Waals surface area contributed by atoms with Crippen molar-refractivity contribution in [3.8, 4) is 0 Å². The molecule has 1 aromatic heterocycles. The smallest absolute Gasteiger partial charge is 0.337 e. The van der Waals surface area contributed by atoms with Crippen molar-refractivity contribution in [2.75, 3.05) is 5.32 Å². The van der Waals surface area contributed by atoms with Crippen molar-refractivity contribution in [3.63, 3.8) is 0 Å². The van der Waals surface area contributed by atoms with Crippen LogP contribution in [0.5, 0.6) is 0 Å². The summed E-state index contributed by atoms with van der Waals surface area (Å²) in [5.74, 6) is -1.07. The molecule has 1 atom stereocenters. The number of aromatic nitrogens is 1. The quantitative estimate of drug-likeness (QED) is 0.798. The second-order valence-electron chi connectivity index (χ2n) is 6.32. The monoisotopic (exact) mass is 291 g/mol. The summed E-state index contributed by atoms with van der Waals surface area (Å²) < 4.78 is 0. The number of carbonyl (C=O) groups excluding carboxylic acids is 1. The highest BCUT2D eigenvalue weighted by Gasteiger charge is 2.28. The minimum atomic E-state index is -1.07. The fraction of sp³-hybridized carbons (Fsp3) is 0.533. The SMILES string of the molecule is CC1(C)CCCC(NC(=O)Nc2cncc(C(=O)O)c2)C1. The van der Waals surface area contributed by atoms with Crippen molar-refractivity contribution in [2.45, 2.75) is 45.6 Å². The maximum atomic E-state index is 12.0. The molecule has 2 rings (SSSR count). The van der Waals surface area contributed by atoms with Gasteiger partial charge < -0.3 is 15.7 Å². The lowest BCUT2D eigenvalue weighted by atomic mass is 9.75. The van der Waals surface area contributed by atoms with Crippen LogP contribution >= 0.6 is 0 Å². The summed E-state index contributed by atoms with van der Waals surface area (Å²) >= 11 is 0. The standard InChI is InChI=1S/C15H21N3O3/c1-15(2)5-3-4-11(7-15)17-14(21)18-12-6-10(13(19)20)8-16-9-12/h6,8-9,11H,3-5,7H2,1-2H3,(H,19,20)(H2,17,18,21). The van der Waals surface area contributed by atoms with Crippen LogP contribution in [-0.2, 0) is 0 Å². The molecular weight excluding hydrogens is 270 g/mol. The molecule has 2 amide bonds. The van der Waals surface area contributed by atoms with Crippen molar-refractivity contribution < 1.29 is 14.7 Å². The molecule has 1 aliphatic carbocycles. The van der Waals surface area contributed by atoms with Crippen molar-refractivity contribution >= 4 is 17.7 Å². The highest BCUT2D eigenvalue weighted by atomic mass is 16.4. The van der Waals surface area contributed by atoms with Gasteiger partial charge in [-0.1, -0.05) is 20.3 Å². The number of carbonyl (C=O) groups is 2. The number of amides is 2. The van der Waals surface area contributed by atoms with E-state index in [2.05, 4.69) is 29.5 Å². The summed E-state index contributed by atoms with van der Waals surface area (Å²) in [5, 5.41) is 14.5. The van der Waals surface area contributed by atoms with Gasteiger partial charge in [-0.2, -0.15) is 0 Å². The maximum Gasteiger partial charge on any atom is 0.337 e. The predicted octanol–water partition coefficient (Wildman–Crippen LogP) is 2.87. The van der Waals surface area contributed by atoms with Crippen molar-refractivity contribution in [3.05, 3.63) is 24.0 Å². The number of hydrogen-bond donors (Lipinski definition) is 3. The minimum Gasteiger partial charge on any atom is -0.478 e. The topological polar surface area (TPSA) is 91.3 Å². The number of nitrogens with zero attached hydrogens (tertiary/aromatic N) is 1. The number of nitrogens with one attached hydrogen (secondary N) is 2. The van der Waals surface area contributed by atoms with Gasteiger partial charge in [-0.25, -0.2) is 9.59 Å². The number of urea groups is 1. The zero-order chi connectivity index (χ0) is 15.5. The lowest BCUT2D eigenvalue weighted by Crippen LogP contribution is -2.42. The van der Waals surface area contributed by atoms with E-state index in [0.717, 1.165) is 19.3 Å². The summed E-state index contributed by atoms with van der Waals surface area (Å²) in [5.41, 5.74) is 0.676. The molecule has 1 saturated carbocycles. The maximum absolute atomic E-state index is 12.0. The summed E-state index contributed by atoms with van der Waals surface area (Å²) in [6, 6.07) is 1.23. The van der Waals surface area contributed by atoms with Crippen molar-refractivity contribution in [1.82, 2.24) is 10.3 Å². The first kappa shape index (κ1) is 15.3. The molecule has 0 aliphatic heterocycles. The molecule has 0 saturated heterocycles. The summed E-state index contributed by atoms with van der Waals surface area (Å²) in [6.07, 6.45) is 6.88. The molecule has 0 radical (unpaired) electrons. The molecule has 114 valence electrons. The molecule has 0 bridgehead atoms. The van der Waals surface area contributed by atoms with Gasteiger partial charge in [0.1, 0.15) is 0 Å². The highest BCUT2D eigenvalue weighted by Crippen LogP contribution is 2.35. The van der Waals surface area contributed by atoms with E-state index < -0.39 is 5.97 Å². The molecule has 0 aromatic carbocycles. The van der Waals surface area contributed by atoms with Crippen molar-refractivity contribution in [1.29, 1.82) is 0 Å². The first-order valence-electron chi connectivity index (χ1n) is 7.12. The van der Waals surface area contributed by atoms with Crippen molar-refractivity contribution in [2.24, 2.45) is 5.41 Å². The summed E-state index contributed by atoms with van der Waals surface area (Å²) in [6.45, 7) is 4.41. The lowest BCUT2D eigenvalue weighted by molar-refractivity contribution is 0.0696. The molecule has 1 unspecified atom stereocenters. The first-order chi connectivity index (χ1) is 9.85. The van der Waals surface area contributed by atoms with Crippen LogP contribution in [0.1, 0.15) is 49.9 Å². The lowest BCUT2D eigenvalue weighted by Gasteiger charge is -2.35. The zero-order valence-corrected chi connectivity index (χ0v) is 12.3. The fourth-order valence-electron chi connectivity index (χ4n) is 2.80. The molecule has 21 heavy (non-hydrogen) atoms. The molecule has 3 N–H and O–H groups in total.